The minimum atomic E-state index is -0.843. The molecule has 3 aromatic carbocycles. The summed E-state index contributed by atoms with van der Waals surface area (Å²) in [6.45, 7) is 2.06. The first-order valence-electron chi connectivity index (χ1n) is 9.81. The largest absolute Gasteiger partial charge is 0.326 e. The summed E-state index contributed by atoms with van der Waals surface area (Å²) < 4.78 is 13.8. The maximum absolute atomic E-state index is 13.8. The maximum atomic E-state index is 13.8. The monoisotopic (exact) mass is 405 g/mol. The highest BCUT2D eigenvalue weighted by Gasteiger charge is 2.22. The molecule has 0 spiro atoms. The summed E-state index contributed by atoms with van der Waals surface area (Å²) in [6.07, 6.45) is 1.20. The van der Waals surface area contributed by atoms with Crippen LogP contribution in [0.3, 0.4) is 0 Å². The second-order valence-corrected chi connectivity index (χ2v) is 6.86. The molecule has 6 heteroatoms. The number of para-hydroxylation sites is 1. The maximum Gasteiger partial charge on any atom is 0.319 e. The predicted molar refractivity (Wildman–Crippen MR) is 117 cm³/mol. The van der Waals surface area contributed by atoms with Crippen LogP contribution in [0.2, 0.25) is 0 Å². The number of hydrogen-bond donors (Lipinski definition) is 3. The van der Waals surface area contributed by atoms with E-state index >= 15 is 0 Å². The van der Waals surface area contributed by atoms with Gasteiger partial charge in [0.15, 0.2) is 0 Å². The molecule has 3 N–H and O–H groups in total. The second kappa shape index (κ2) is 10.2. The molecule has 0 saturated heterocycles. The van der Waals surface area contributed by atoms with Gasteiger partial charge in [0.05, 0.1) is 5.69 Å². The Bertz CT molecular complexity index is 991. The van der Waals surface area contributed by atoms with Crippen LogP contribution >= 0.6 is 0 Å². The average Bonchev–Trinajstić information content (AvgIpc) is 2.76. The zero-order valence-electron chi connectivity index (χ0n) is 16.7. The standard InChI is InChI=1S/C24H24FN3O2/c1-2-17-12-14-19(15-13-17)26-23(29)22(16-18-8-4-3-5-9-18)28-24(30)27-21-11-7-6-10-20(21)25/h3-15,22H,2,16H2,1H3,(H,26,29)(H2,27,28,30). The van der Waals surface area contributed by atoms with Crippen LogP contribution < -0.4 is 16.0 Å². The molecule has 5 nitrogen and oxygen atoms in total. The molecule has 1 atom stereocenters. The van der Waals surface area contributed by atoms with Crippen LogP contribution in [-0.4, -0.2) is 18.0 Å². The first-order valence-corrected chi connectivity index (χ1v) is 9.81. The van der Waals surface area contributed by atoms with E-state index in [0.29, 0.717) is 12.1 Å². The van der Waals surface area contributed by atoms with Crippen LogP contribution in [0.5, 0.6) is 0 Å². The van der Waals surface area contributed by atoms with Crippen molar-refractivity contribution in [3.63, 3.8) is 0 Å². The number of aryl methyl sites for hydroxylation is 1. The molecule has 1 unspecified atom stereocenters. The Hall–Kier alpha value is -3.67. The lowest BCUT2D eigenvalue weighted by Gasteiger charge is -2.19. The van der Waals surface area contributed by atoms with Gasteiger partial charge in [-0.05, 0) is 41.8 Å². The molecule has 0 bridgehead atoms. The molecule has 0 saturated carbocycles. The van der Waals surface area contributed by atoms with Crippen LogP contribution in [0.1, 0.15) is 18.1 Å². The fraction of sp³-hybridized carbons (Fsp3) is 0.167. The van der Waals surface area contributed by atoms with Crippen molar-refractivity contribution in [2.45, 2.75) is 25.8 Å². The summed E-state index contributed by atoms with van der Waals surface area (Å²) in [5, 5.41) is 7.95. The van der Waals surface area contributed by atoms with Crippen molar-refractivity contribution in [1.82, 2.24) is 5.32 Å². The average molecular weight is 405 g/mol. The topological polar surface area (TPSA) is 70.2 Å². The number of rotatable bonds is 7. The zero-order valence-corrected chi connectivity index (χ0v) is 16.7. The third kappa shape index (κ3) is 5.91. The SMILES string of the molecule is CCc1ccc(NC(=O)C(Cc2ccccc2)NC(=O)Nc2ccccc2F)cc1. The van der Waals surface area contributed by atoms with E-state index in [1.54, 1.807) is 6.07 Å². The predicted octanol–water partition coefficient (Wildman–Crippen LogP) is 4.76. The highest BCUT2D eigenvalue weighted by atomic mass is 19.1. The number of anilines is 2. The minimum absolute atomic E-state index is 0.0454. The fourth-order valence-corrected chi connectivity index (χ4v) is 2.99. The molecule has 30 heavy (non-hydrogen) atoms. The minimum Gasteiger partial charge on any atom is -0.326 e. The molecule has 3 rings (SSSR count). The van der Waals surface area contributed by atoms with Gasteiger partial charge in [-0.1, -0.05) is 61.5 Å². The van der Waals surface area contributed by atoms with Crippen molar-refractivity contribution in [2.24, 2.45) is 0 Å². The van der Waals surface area contributed by atoms with E-state index in [2.05, 4.69) is 22.9 Å². The van der Waals surface area contributed by atoms with E-state index < -0.39 is 17.9 Å². The summed E-state index contributed by atoms with van der Waals surface area (Å²) in [5.74, 6) is -0.903. The fourth-order valence-electron chi connectivity index (χ4n) is 2.99. The van der Waals surface area contributed by atoms with Crippen molar-refractivity contribution in [2.75, 3.05) is 10.6 Å². The molecular formula is C24H24FN3O2. The highest BCUT2D eigenvalue weighted by Crippen LogP contribution is 2.14. The number of amides is 3. The second-order valence-electron chi connectivity index (χ2n) is 6.86. The summed E-state index contributed by atoms with van der Waals surface area (Å²) in [5.41, 5.74) is 2.75. The van der Waals surface area contributed by atoms with Crippen molar-refractivity contribution in [1.29, 1.82) is 0 Å². The summed E-state index contributed by atoms with van der Waals surface area (Å²) in [7, 11) is 0. The number of carbonyl (C=O) groups is 2. The quantitative estimate of drug-likeness (QED) is 0.530. The molecule has 3 aromatic rings. The molecule has 0 aliphatic carbocycles. The summed E-state index contributed by atoms with van der Waals surface area (Å²) in [4.78, 5) is 25.3. The van der Waals surface area contributed by atoms with Crippen molar-refractivity contribution >= 4 is 23.3 Å². The van der Waals surface area contributed by atoms with Gasteiger partial charge in [-0.15, -0.1) is 0 Å². The van der Waals surface area contributed by atoms with Gasteiger partial charge in [0, 0.05) is 12.1 Å². The van der Waals surface area contributed by atoms with E-state index in [1.807, 2.05) is 54.6 Å². The van der Waals surface area contributed by atoms with Gasteiger partial charge in [-0.25, -0.2) is 9.18 Å². The highest BCUT2D eigenvalue weighted by molar-refractivity contribution is 5.99. The van der Waals surface area contributed by atoms with Crippen molar-refractivity contribution < 1.29 is 14.0 Å². The number of benzene rings is 3. The van der Waals surface area contributed by atoms with Gasteiger partial charge < -0.3 is 16.0 Å². The molecule has 0 aliphatic heterocycles. The van der Waals surface area contributed by atoms with Crippen LogP contribution in [-0.2, 0) is 17.6 Å². The molecular weight excluding hydrogens is 381 g/mol. The van der Waals surface area contributed by atoms with Crippen LogP contribution in [0.25, 0.3) is 0 Å². The van der Waals surface area contributed by atoms with Crippen LogP contribution in [0.4, 0.5) is 20.6 Å². The molecule has 154 valence electrons. The van der Waals surface area contributed by atoms with Crippen molar-refractivity contribution in [3.8, 4) is 0 Å². The van der Waals surface area contributed by atoms with E-state index in [0.717, 1.165) is 17.5 Å². The molecule has 0 radical (unpaired) electrons. The third-order valence-electron chi connectivity index (χ3n) is 4.66. The Balaban J connectivity index is 1.72. The molecule has 0 fully saturated rings. The van der Waals surface area contributed by atoms with Crippen LogP contribution in [0.15, 0.2) is 78.9 Å². The summed E-state index contributed by atoms with van der Waals surface area (Å²) in [6, 6.07) is 21.3. The Kier molecular flexibility index (Phi) is 7.16. The van der Waals surface area contributed by atoms with Gasteiger partial charge in [-0.3, -0.25) is 4.79 Å². The Morgan fingerprint density at radius 1 is 0.833 bits per heavy atom. The zero-order chi connectivity index (χ0) is 21.3. The number of urea groups is 1. The number of halogens is 1. The third-order valence-corrected chi connectivity index (χ3v) is 4.66. The Morgan fingerprint density at radius 3 is 2.17 bits per heavy atom. The normalized spacial score (nSPS) is 11.4. The first-order chi connectivity index (χ1) is 14.5. The van der Waals surface area contributed by atoms with E-state index in [-0.39, 0.29) is 11.6 Å². The summed E-state index contributed by atoms with van der Waals surface area (Å²) >= 11 is 0. The molecule has 0 aromatic heterocycles. The lowest BCUT2D eigenvalue weighted by atomic mass is 10.1. The molecule has 3 amide bonds. The van der Waals surface area contributed by atoms with Crippen molar-refractivity contribution in [3.05, 3.63) is 95.8 Å². The first kappa shape index (κ1) is 21.0. The van der Waals surface area contributed by atoms with Gasteiger partial charge >= 0.3 is 6.03 Å². The van der Waals surface area contributed by atoms with E-state index in [1.165, 1.54) is 18.2 Å². The van der Waals surface area contributed by atoms with Crippen LogP contribution in [0, 0.1) is 5.82 Å². The smallest absolute Gasteiger partial charge is 0.319 e. The number of carbonyl (C=O) groups excluding carboxylic acids is 2. The molecule has 0 aliphatic rings. The van der Waals surface area contributed by atoms with Gasteiger partial charge in [-0.2, -0.15) is 0 Å². The van der Waals surface area contributed by atoms with Gasteiger partial charge in [0.2, 0.25) is 5.91 Å². The number of hydrogen-bond acceptors (Lipinski definition) is 2. The number of nitrogens with one attached hydrogen (secondary N) is 3. The molecule has 0 heterocycles. The van der Waals surface area contributed by atoms with E-state index in [9.17, 15) is 14.0 Å². The van der Waals surface area contributed by atoms with Gasteiger partial charge in [0.25, 0.3) is 0 Å². The Morgan fingerprint density at radius 2 is 1.50 bits per heavy atom. The van der Waals surface area contributed by atoms with E-state index in [4.69, 9.17) is 0 Å². The van der Waals surface area contributed by atoms with Gasteiger partial charge in [0.1, 0.15) is 11.9 Å². The lowest BCUT2D eigenvalue weighted by Crippen LogP contribution is -2.47. The lowest BCUT2D eigenvalue weighted by molar-refractivity contribution is -0.117. The Labute approximate surface area is 175 Å².